The number of rotatable bonds is 3. The van der Waals surface area contributed by atoms with Crippen molar-refractivity contribution in [1.29, 1.82) is 0 Å². The van der Waals surface area contributed by atoms with Crippen molar-refractivity contribution in [3.05, 3.63) is 59.8 Å². The second-order valence-corrected chi connectivity index (χ2v) is 8.16. The molecule has 6 rings (SSSR count). The lowest BCUT2D eigenvalue weighted by Gasteiger charge is -2.29. The molecule has 0 atom stereocenters. The number of hydrogen-bond acceptors (Lipinski definition) is 6. The Hall–Kier alpha value is -3.49. The Kier molecular flexibility index (Phi) is 4.55. The van der Waals surface area contributed by atoms with Crippen LogP contribution in [0.5, 0.6) is 0 Å². The van der Waals surface area contributed by atoms with Crippen molar-refractivity contribution in [2.24, 2.45) is 0 Å². The molecular formula is C23H20ClN7O. The third kappa shape index (κ3) is 3.03. The first-order chi connectivity index (χ1) is 15.7. The summed E-state index contributed by atoms with van der Waals surface area (Å²) in [4.78, 5) is 14.9. The molecule has 4 heterocycles. The molecule has 0 saturated carbocycles. The molecular weight excluding hydrogens is 426 g/mol. The predicted octanol–water partition coefficient (Wildman–Crippen LogP) is 4.16. The van der Waals surface area contributed by atoms with E-state index in [-0.39, 0.29) is 0 Å². The molecule has 2 aromatic carbocycles. The minimum absolute atomic E-state index is 0.659. The van der Waals surface area contributed by atoms with Gasteiger partial charge in [0.25, 0.3) is 0 Å². The van der Waals surface area contributed by atoms with E-state index in [9.17, 15) is 0 Å². The van der Waals surface area contributed by atoms with Gasteiger partial charge >= 0.3 is 0 Å². The van der Waals surface area contributed by atoms with E-state index in [0.29, 0.717) is 24.1 Å². The molecule has 0 unspecified atom stereocenters. The lowest BCUT2D eigenvalue weighted by molar-refractivity contribution is 0.122. The number of hydrogen-bond donors (Lipinski definition) is 1. The number of aromatic nitrogens is 6. The first kappa shape index (κ1) is 19.2. The second-order valence-electron chi connectivity index (χ2n) is 7.76. The fourth-order valence-electron chi connectivity index (χ4n) is 4.44. The van der Waals surface area contributed by atoms with E-state index in [1.54, 1.807) is 6.33 Å². The van der Waals surface area contributed by atoms with Gasteiger partial charge in [-0.2, -0.15) is 0 Å². The molecule has 1 aliphatic heterocycles. The van der Waals surface area contributed by atoms with E-state index in [4.69, 9.17) is 21.3 Å². The fourth-order valence-corrected chi connectivity index (χ4v) is 4.70. The summed E-state index contributed by atoms with van der Waals surface area (Å²) in [7, 11) is 0. The van der Waals surface area contributed by atoms with E-state index in [2.05, 4.69) is 41.8 Å². The third-order valence-corrected chi connectivity index (χ3v) is 6.21. The van der Waals surface area contributed by atoms with Gasteiger partial charge in [0.2, 0.25) is 0 Å². The van der Waals surface area contributed by atoms with Gasteiger partial charge in [0.1, 0.15) is 17.7 Å². The van der Waals surface area contributed by atoms with Gasteiger partial charge in [-0.15, -0.1) is 10.2 Å². The maximum absolute atomic E-state index is 6.63. The normalized spacial score (nSPS) is 14.5. The van der Waals surface area contributed by atoms with E-state index in [1.807, 2.05) is 37.4 Å². The van der Waals surface area contributed by atoms with Crippen molar-refractivity contribution in [2.75, 3.05) is 31.2 Å². The molecule has 160 valence electrons. The molecule has 0 spiro atoms. The van der Waals surface area contributed by atoms with E-state index >= 15 is 0 Å². The lowest BCUT2D eigenvalue weighted by atomic mass is 10.1. The van der Waals surface area contributed by atoms with Crippen molar-refractivity contribution in [2.45, 2.75) is 6.92 Å². The Bertz CT molecular complexity index is 1430. The standard InChI is InChI=1S/C23H20ClN7O/c1-14-28-22-16(23-26-13-27-29-23)11-15(30-7-9-32-10-8-30)12-20(22)31(14)19-5-6-25-18-4-2-3-17(24)21(18)19/h2-6,11-13H,7-10H2,1H3,(H,26,27,29). The molecule has 5 aromatic rings. The molecule has 1 saturated heterocycles. The number of fused-ring (bicyclic) bond motifs is 2. The van der Waals surface area contributed by atoms with Gasteiger partial charge < -0.3 is 14.6 Å². The Morgan fingerprint density at radius 1 is 1.12 bits per heavy atom. The zero-order valence-corrected chi connectivity index (χ0v) is 18.2. The summed E-state index contributed by atoms with van der Waals surface area (Å²) in [6.45, 7) is 5.08. The molecule has 0 amide bonds. The average Bonchev–Trinajstić information content (AvgIpc) is 3.46. The van der Waals surface area contributed by atoms with Gasteiger partial charge in [-0.1, -0.05) is 17.7 Å². The number of halogens is 1. The number of nitrogens with one attached hydrogen (secondary N) is 1. The van der Waals surface area contributed by atoms with Gasteiger partial charge in [0.05, 0.1) is 35.0 Å². The van der Waals surface area contributed by atoms with Crippen LogP contribution < -0.4 is 4.90 Å². The molecule has 0 bridgehead atoms. The van der Waals surface area contributed by atoms with Crippen LogP contribution in [0.3, 0.4) is 0 Å². The van der Waals surface area contributed by atoms with Gasteiger partial charge in [0.15, 0.2) is 5.82 Å². The van der Waals surface area contributed by atoms with Gasteiger partial charge in [-0.05, 0) is 37.3 Å². The van der Waals surface area contributed by atoms with E-state index in [1.165, 1.54) is 0 Å². The lowest BCUT2D eigenvalue weighted by Crippen LogP contribution is -2.36. The Balaban J connectivity index is 1.67. The number of ether oxygens (including phenoxy) is 1. The smallest absolute Gasteiger partial charge is 0.163 e. The van der Waals surface area contributed by atoms with Crippen molar-refractivity contribution in [1.82, 2.24) is 29.7 Å². The third-order valence-electron chi connectivity index (χ3n) is 5.90. The molecule has 1 N–H and O–H groups in total. The van der Waals surface area contributed by atoms with Crippen molar-refractivity contribution in [3.8, 4) is 17.1 Å². The van der Waals surface area contributed by atoms with E-state index in [0.717, 1.165) is 57.8 Å². The van der Waals surface area contributed by atoms with Crippen LogP contribution in [0.4, 0.5) is 5.69 Å². The van der Waals surface area contributed by atoms with Crippen LogP contribution in [-0.2, 0) is 4.74 Å². The highest BCUT2D eigenvalue weighted by atomic mass is 35.5. The van der Waals surface area contributed by atoms with E-state index < -0.39 is 0 Å². The first-order valence-corrected chi connectivity index (χ1v) is 10.8. The van der Waals surface area contributed by atoms with Crippen LogP contribution in [0, 0.1) is 6.92 Å². The average molecular weight is 446 g/mol. The number of anilines is 1. The van der Waals surface area contributed by atoms with Crippen LogP contribution in [-0.4, -0.2) is 56.0 Å². The summed E-state index contributed by atoms with van der Waals surface area (Å²) >= 11 is 6.63. The molecule has 32 heavy (non-hydrogen) atoms. The predicted molar refractivity (Wildman–Crippen MR) is 125 cm³/mol. The highest BCUT2D eigenvalue weighted by Gasteiger charge is 2.21. The molecule has 8 nitrogen and oxygen atoms in total. The molecule has 0 aliphatic carbocycles. The zero-order chi connectivity index (χ0) is 21.7. The Morgan fingerprint density at radius 2 is 2.00 bits per heavy atom. The summed E-state index contributed by atoms with van der Waals surface area (Å²) in [5.41, 5.74) is 5.63. The first-order valence-electron chi connectivity index (χ1n) is 10.5. The summed E-state index contributed by atoms with van der Waals surface area (Å²) in [6.07, 6.45) is 3.39. The summed E-state index contributed by atoms with van der Waals surface area (Å²) in [6, 6.07) is 12.1. The highest BCUT2D eigenvalue weighted by Crippen LogP contribution is 2.36. The maximum Gasteiger partial charge on any atom is 0.163 e. The Morgan fingerprint density at radius 3 is 2.81 bits per heavy atom. The summed E-state index contributed by atoms with van der Waals surface area (Å²) in [5, 5.41) is 9.82. The minimum Gasteiger partial charge on any atom is -0.378 e. The SMILES string of the molecule is Cc1nc2c(-c3nnc[nH]3)cc(N3CCOCC3)cc2n1-c1ccnc2cccc(Cl)c12. The van der Waals surface area contributed by atoms with Crippen LogP contribution in [0.2, 0.25) is 5.02 Å². The molecule has 0 radical (unpaired) electrons. The van der Waals surface area contributed by atoms with Crippen LogP contribution in [0.15, 0.2) is 48.9 Å². The highest BCUT2D eigenvalue weighted by molar-refractivity contribution is 6.36. The van der Waals surface area contributed by atoms with Gasteiger partial charge in [-0.3, -0.25) is 9.55 Å². The van der Waals surface area contributed by atoms with Crippen molar-refractivity contribution in [3.63, 3.8) is 0 Å². The van der Waals surface area contributed by atoms with Gasteiger partial charge in [0, 0.05) is 35.9 Å². The van der Waals surface area contributed by atoms with Crippen LogP contribution in [0.25, 0.3) is 39.0 Å². The van der Waals surface area contributed by atoms with Crippen LogP contribution in [0.1, 0.15) is 5.82 Å². The largest absolute Gasteiger partial charge is 0.378 e. The Labute approximate surface area is 188 Å². The molecule has 1 aliphatic rings. The van der Waals surface area contributed by atoms with Gasteiger partial charge in [-0.25, -0.2) is 4.98 Å². The zero-order valence-electron chi connectivity index (χ0n) is 17.4. The second kappa shape index (κ2) is 7.58. The number of aromatic amines is 1. The number of H-pyrrole nitrogens is 1. The summed E-state index contributed by atoms with van der Waals surface area (Å²) in [5.74, 6) is 1.54. The number of morpholine rings is 1. The van der Waals surface area contributed by atoms with Crippen LogP contribution >= 0.6 is 11.6 Å². The number of aryl methyl sites for hydroxylation is 1. The number of nitrogens with zero attached hydrogens (tertiary/aromatic N) is 6. The molecule has 9 heteroatoms. The topological polar surface area (TPSA) is 84.8 Å². The summed E-state index contributed by atoms with van der Waals surface area (Å²) < 4.78 is 7.71. The molecule has 3 aromatic heterocycles. The maximum atomic E-state index is 6.63. The number of imidazole rings is 1. The number of pyridine rings is 1. The fraction of sp³-hybridized carbons (Fsp3) is 0.217. The molecule has 1 fully saturated rings. The van der Waals surface area contributed by atoms with Crippen molar-refractivity contribution < 1.29 is 4.74 Å². The quantitative estimate of drug-likeness (QED) is 0.449. The monoisotopic (exact) mass is 445 g/mol. The minimum atomic E-state index is 0.659. The van der Waals surface area contributed by atoms with Crippen molar-refractivity contribution >= 4 is 39.2 Å². The number of benzene rings is 2.